The van der Waals surface area contributed by atoms with Crippen LogP contribution in [0.25, 0.3) is 0 Å². The summed E-state index contributed by atoms with van der Waals surface area (Å²) >= 11 is 0. The first kappa shape index (κ1) is 23.4. The Morgan fingerprint density at radius 1 is 1.00 bits per heavy atom. The second-order valence-electron chi connectivity index (χ2n) is 7.39. The normalized spacial score (nSPS) is 16.8. The second-order valence-corrected chi connectivity index (χ2v) is 11.3. The highest BCUT2D eigenvalue weighted by molar-refractivity contribution is 7.90. The highest BCUT2D eigenvalue weighted by Crippen LogP contribution is 2.16. The van der Waals surface area contributed by atoms with E-state index in [2.05, 4.69) is 10.0 Å². The van der Waals surface area contributed by atoms with E-state index >= 15 is 0 Å². The second kappa shape index (κ2) is 10.4. The molecule has 168 valence electrons. The van der Waals surface area contributed by atoms with Crippen molar-refractivity contribution in [2.24, 2.45) is 0 Å². The summed E-state index contributed by atoms with van der Waals surface area (Å²) in [4.78, 5) is 12.2. The zero-order chi connectivity index (χ0) is 22.3. The van der Waals surface area contributed by atoms with Crippen LogP contribution >= 0.6 is 0 Å². The average Bonchev–Trinajstić information content (AvgIpc) is 3.26. The molecule has 1 atom stereocenters. The molecule has 8 nitrogen and oxygen atoms in total. The molecule has 0 bridgehead atoms. The number of carbonyl (C=O) groups excluding carboxylic acids is 1. The summed E-state index contributed by atoms with van der Waals surface area (Å²) in [5, 5.41) is 2.60. The Morgan fingerprint density at radius 2 is 1.71 bits per heavy atom. The van der Waals surface area contributed by atoms with Gasteiger partial charge in [-0.25, -0.2) is 21.6 Å². The van der Waals surface area contributed by atoms with Gasteiger partial charge in [0.1, 0.15) is 0 Å². The molecule has 1 aliphatic heterocycles. The van der Waals surface area contributed by atoms with E-state index in [0.29, 0.717) is 17.9 Å². The van der Waals surface area contributed by atoms with Crippen LogP contribution in [0.3, 0.4) is 0 Å². The fourth-order valence-electron chi connectivity index (χ4n) is 3.18. The van der Waals surface area contributed by atoms with Crippen molar-refractivity contribution >= 4 is 31.5 Å². The molecule has 2 N–H and O–H groups in total. The van der Waals surface area contributed by atoms with Gasteiger partial charge in [-0.05, 0) is 42.7 Å². The number of anilines is 1. The quantitative estimate of drug-likeness (QED) is 0.553. The zero-order valence-corrected chi connectivity index (χ0v) is 18.6. The van der Waals surface area contributed by atoms with Gasteiger partial charge in [0.2, 0.25) is 15.9 Å². The van der Waals surface area contributed by atoms with Crippen molar-refractivity contribution in [1.29, 1.82) is 0 Å². The maximum Gasteiger partial charge on any atom is 0.240 e. The molecule has 1 amide bonds. The van der Waals surface area contributed by atoms with Gasteiger partial charge in [-0.15, -0.1) is 0 Å². The van der Waals surface area contributed by atoms with Crippen LogP contribution in [0.1, 0.15) is 24.8 Å². The number of hydrogen-bond donors (Lipinski definition) is 2. The molecular formula is C21H26N2O6S2. The monoisotopic (exact) mass is 466 g/mol. The molecule has 1 fully saturated rings. The van der Waals surface area contributed by atoms with Crippen molar-refractivity contribution in [3.05, 3.63) is 60.2 Å². The molecule has 1 heterocycles. The molecule has 0 saturated carbocycles. The molecule has 0 unspecified atom stereocenters. The molecule has 2 aromatic rings. The van der Waals surface area contributed by atoms with Gasteiger partial charge in [-0.1, -0.05) is 30.3 Å². The molecule has 2 aromatic carbocycles. The Kier molecular flexibility index (Phi) is 7.82. The Bertz CT molecular complexity index is 1080. The van der Waals surface area contributed by atoms with E-state index in [-0.39, 0.29) is 35.5 Å². The summed E-state index contributed by atoms with van der Waals surface area (Å²) in [7, 11) is -7.09. The molecule has 1 saturated heterocycles. The highest BCUT2D eigenvalue weighted by Gasteiger charge is 2.20. The van der Waals surface area contributed by atoms with Crippen LogP contribution in [-0.4, -0.2) is 47.8 Å². The van der Waals surface area contributed by atoms with Crippen molar-refractivity contribution in [3.8, 4) is 0 Å². The van der Waals surface area contributed by atoms with Crippen LogP contribution in [0, 0.1) is 0 Å². The molecule has 1 aliphatic rings. The summed E-state index contributed by atoms with van der Waals surface area (Å²) < 4.78 is 57.1. The van der Waals surface area contributed by atoms with Crippen molar-refractivity contribution in [2.45, 2.75) is 36.0 Å². The Morgan fingerprint density at radius 3 is 2.35 bits per heavy atom. The van der Waals surface area contributed by atoms with Gasteiger partial charge in [-0.3, -0.25) is 4.79 Å². The molecular weight excluding hydrogens is 440 g/mol. The fourth-order valence-corrected chi connectivity index (χ4v) is 5.59. The van der Waals surface area contributed by atoms with Crippen LogP contribution in [-0.2, 0) is 35.1 Å². The molecule has 0 aliphatic carbocycles. The van der Waals surface area contributed by atoms with Gasteiger partial charge >= 0.3 is 0 Å². The minimum atomic E-state index is -3.67. The van der Waals surface area contributed by atoms with Crippen molar-refractivity contribution in [1.82, 2.24) is 4.72 Å². The van der Waals surface area contributed by atoms with Gasteiger partial charge in [0, 0.05) is 25.3 Å². The molecule has 3 rings (SSSR count). The van der Waals surface area contributed by atoms with Gasteiger partial charge in [-0.2, -0.15) is 0 Å². The van der Waals surface area contributed by atoms with Gasteiger partial charge in [0.15, 0.2) is 9.84 Å². The maximum atomic E-state index is 12.4. The molecule has 31 heavy (non-hydrogen) atoms. The summed E-state index contributed by atoms with van der Waals surface area (Å²) in [5.41, 5.74) is 1.07. The Labute approximate surface area is 183 Å². The van der Waals surface area contributed by atoms with E-state index < -0.39 is 25.8 Å². The maximum absolute atomic E-state index is 12.4. The van der Waals surface area contributed by atoms with Crippen molar-refractivity contribution < 1.29 is 26.4 Å². The third-order valence-electron chi connectivity index (χ3n) is 4.84. The number of benzene rings is 2. The van der Waals surface area contributed by atoms with Gasteiger partial charge < -0.3 is 10.1 Å². The van der Waals surface area contributed by atoms with E-state index in [1.165, 1.54) is 24.3 Å². The van der Waals surface area contributed by atoms with Crippen molar-refractivity contribution in [2.75, 3.05) is 24.2 Å². The van der Waals surface area contributed by atoms with E-state index in [0.717, 1.165) is 12.8 Å². The summed E-state index contributed by atoms with van der Waals surface area (Å²) in [6, 6.07) is 14.5. The third-order valence-corrected chi connectivity index (χ3v) is 7.88. The lowest BCUT2D eigenvalue weighted by molar-refractivity contribution is -0.115. The topological polar surface area (TPSA) is 119 Å². The summed E-state index contributed by atoms with van der Waals surface area (Å²) in [5.74, 6) is -0.844. The van der Waals surface area contributed by atoms with Gasteiger partial charge in [0.25, 0.3) is 0 Å². The highest BCUT2D eigenvalue weighted by atomic mass is 32.2. The smallest absolute Gasteiger partial charge is 0.240 e. The Hall–Kier alpha value is -2.27. The predicted molar refractivity (Wildman–Crippen MR) is 118 cm³/mol. The number of sulfonamides is 1. The lowest BCUT2D eigenvalue weighted by Gasteiger charge is -2.12. The number of rotatable bonds is 10. The lowest BCUT2D eigenvalue weighted by Crippen LogP contribution is -2.31. The zero-order valence-electron chi connectivity index (χ0n) is 17.0. The summed E-state index contributed by atoms with van der Waals surface area (Å²) in [6.07, 6.45) is 1.47. The van der Waals surface area contributed by atoms with E-state index in [1.54, 1.807) is 30.3 Å². The molecule has 0 aromatic heterocycles. The number of sulfone groups is 1. The standard InChI is InChI=1S/C21H26N2O6S2/c24-21(12-14-30(25,26)16-17-5-2-1-3-6-17)23-18-8-10-20(11-9-18)31(27,28)22-15-19-7-4-13-29-19/h1-3,5-6,8-11,19,22H,4,7,12-16H2,(H,23,24)/t19-/m1/s1. The van der Waals surface area contributed by atoms with Gasteiger partial charge in [0.05, 0.1) is 22.5 Å². The SMILES string of the molecule is O=C(CCS(=O)(=O)Cc1ccccc1)Nc1ccc(S(=O)(=O)NC[C@H]2CCCO2)cc1. The van der Waals surface area contributed by atoms with E-state index in [4.69, 9.17) is 4.74 Å². The molecule has 10 heteroatoms. The largest absolute Gasteiger partial charge is 0.377 e. The Balaban J connectivity index is 1.49. The van der Waals surface area contributed by atoms with Crippen LogP contribution in [0.4, 0.5) is 5.69 Å². The first-order valence-electron chi connectivity index (χ1n) is 9.99. The number of nitrogens with one attached hydrogen (secondary N) is 2. The van der Waals surface area contributed by atoms with Crippen LogP contribution in [0.15, 0.2) is 59.5 Å². The minimum absolute atomic E-state index is 0.0777. The van der Waals surface area contributed by atoms with Crippen LogP contribution < -0.4 is 10.0 Å². The van der Waals surface area contributed by atoms with E-state index in [9.17, 15) is 21.6 Å². The summed E-state index contributed by atoms with van der Waals surface area (Å²) in [6.45, 7) is 0.868. The number of carbonyl (C=O) groups is 1. The minimum Gasteiger partial charge on any atom is -0.377 e. The number of amides is 1. The molecule has 0 radical (unpaired) electrons. The van der Waals surface area contributed by atoms with Crippen LogP contribution in [0.2, 0.25) is 0 Å². The average molecular weight is 467 g/mol. The predicted octanol–water partition coefficient (Wildman–Crippen LogP) is 2.09. The first-order chi connectivity index (χ1) is 14.7. The third kappa shape index (κ3) is 7.42. The number of ether oxygens (including phenoxy) is 1. The van der Waals surface area contributed by atoms with Crippen molar-refractivity contribution in [3.63, 3.8) is 0 Å². The fraction of sp³-hybridized carbons (Fsp3) is 0.381. The molecule has 0 spiro atoms. The first-order valence-corrected chi connectivity index (χ1v) is 13.3. The van der Waals surface area contributed by atoms with Crippen LogP contribution in [0.5, 0.6) is 0 Å². The number of hydrogen-bond acceptors (Lipinski definition) is 6. The van der Waals surface area contributed by atoms with E-state index in [1.807, 2.05) is 0 Å². The lowest BCUT2D eigenvalue weighted by atomic mass is 10.2.